The second-order valence-electron chi connectivity index (χ2n) is 3.64. The summed E-state index contributed by atoms with van der Waals surface area (Å²) < 4.78 is 0. The van der Waals surface area contributed by atoms with E-state index in [4.69, 9.17) is 4.84 Å². The minimum Gasteiger partial charge on any atom is -0.366 e. The molecule has 1 N–H and O–H groups in total. The van der Waals surface area contributed by atoms with Crippen molar-refractivity contribution < 1.29 is 14.7 Å². The molecule has 0 spiro atoms. The summed E-state index contributed by atoms with van der Waals surface area (Å²) in [6.07, 6.45) is -0.411. The first-order valence-electron chi connectivity index (χ1n) is 4.92. The van der Waals surface area contributed by atoms with Crippen LogP contribution in [-0.4, -0.2) is 28.4 Å². The highest BCUT2D eigenvalue weighted by Gasteiger charge is 2.33. The molecule has 1 saturated heterocycles. The van der Waals surface area contributed by atoms with Crippen LogP contribution in [0.3, 0.4) is 0 Å². The monoisotopic (exact) mass is 207 g/mol. The van der Waals surface area contributed by atoms with E-state index in [1.807, 2.05) is 13.0 Å². The lowest BCUT2D eigenvalue weighted by Gasteiger charge is -2.18. The van der Waals surface area contributed by atoms with Gasteiger partial charge in [0.05, 0.1) is 6.04 Å². The maximum atomic E-state index is 11.9. The van der Waals surface area contributed by atoms with Gasteiger partial charge in [-0.25, -0.2) is 9.90 Å². The summed E-state index contributed by atoms with van der Waals surface area (Å²) in [7, 11) is 0. The van der Waals surface area contributed by atoms with Gasteiger partial charge in [0.1, 0.15) is 0 Å². The number of hydrogen-bond acceptors (Lipinski definition) is 3. The van der Waals surface area contributed by atoms with Crippen LogP contribution in [0.15, 0.2) is 30.3 Å². The van der Waals surface area contributed by atoms with Crippen molar-refractivity contribution in [3.8, 4) is 0 Å². The van der Waals surface area contributed by atoms with Crippen LogP contribution in [0.4, 0.5) is 0 Å². The van der Waals surface area contributed by atoms with Crippen molar-refractivity contribution in [2.75, 3.05) is 0 Å². The van der Waals surface area contributed by atoms with Gasteiger partial charge in [-0.2, -0.15) is 0 Å². The SMILES string of the molecule is C[C@@H]1CC(O)ON1C(=O)c1ccccc1. The molecule has 1 aromatic rings. The number of carbonyl (C=O) groups excluding carboxylic acids is 1. The first kappa shape index (κ1) is 10.1. The zero-order chi connectivity index (χ0) is 10.8. The second-order valence-corrected chi connectivity index (χ2v) is 3.64. The quantitative estimate of drug-likeness (QED) is 0.752. The number of rotatable bonds is 1. The highest BCUT2D eigenvalue weighted by Crippen LogP contribution is 2.21. The minimum absolute atomic E-state index is 0.0901. The molecule has 0 radical (unpaired) electrons. The number of amides is 1. The smallest absolute Gasteiger partial charge is 0.277 e. The summed E-state index contributed by atoms with van der Waals surface area (Å²) in [4.78, 5) is 16.9. The molecule has 1 amide bonds. The van der Waals surface area contributed by atoms with Crippen molar-refractivity contribution in [3.63, 3.8) is 0 Å². The van der Waals surface area contributed by atoms with Gasteiger partial charge in [-0.15, -0.1) is 0 Å². The van der Waals surface area contributed by atoms with Gasteiger partial charge in [-0.3, -0.25) is 4.79 Å². The predicted octanol–water partition coefficient (Wildman–Crippen LogP) is 1.17. The summed E-state index contributed by atoms with van der Waals surface area (Å²) >= 11 is 0. The number of hydroxylamine groups is 2. The molecular formula is C11H13NO3. The first-order valence-corrected chi connectivity index (χ1v) is 4.92. The molecule has 80 valence electrons. The van der Waals surface area contributed by atoms with E-state index < -0.39 is 6.29 Å². The van der Waals surface area contributed by atoms with Crippen molar-refractivity contribution in [1.29, 1.82) is 0 Å². The molecule has 15 heavy (non-hydrogen) atoms. The number of benzene rings is 1. The van der Waals surface area contributed by atoms with Gasteiger partial charge in [-0.05, 0) is 19.1 Å². The highest BCUT2D eigenvalue weighted by molar-refractivity contribution is 5.93. The fraction of sp³-hybridized carbons (Fsp3) is 0.364. The summed E-state index contributed by atoms with van der Waals surface area (Å²) in [5.74, 6) is -0.209. The molecule has 2 atom stereocenters. The molecule has 1 fully saturated rings. The van der Waals surface area contributed by atoms with Gasteiger partial charge >= 0.3 is 0 Å². The summed E-state index contributed by atoms with van der Waals surface area (Å²) in [6.45, 7) is 1.84. The van der Waals surface area contributed by atoms with E-state index in [1.54, 1.807) is 24.3 Å². The molecule has 0 saturated carbocycles. The standard InChI is InChI=1S/C11H13NO3/c1-8-7-10(13)15-12(8)11(14)9-5-3-2-4-6-9/h2-6,8,10,13H,7H2,1H3/t8-,10?/m1/s1. The number of aliphatic hydroxyl groups excluding tert-OH is 1. The molecule has 1 heterocycles. The Balaban J connectivity index is 2.15. The normalized spacial score (nSPS) is 25.6. The lowest BCUT2D eigenvalue weighted by Crippen LogP contribution is -2.32. The maximum Gasteiger partial charge on any atom is 0.277 e. The molecular weight excluding hydrogens is 194 g/mol. The van der Waals surface area contributed by atoms with Crippen LogP contribution in [-0.2, 0) is 4.84 Å². The Hall–Kier alpha value is -1.39. The van der Waals surface area contributed by atoms with Crippen LogP contribution in [0, 0.1) is 0 Å². The Kier molecular flexibility index (Phi) is 2.70. The Labute approximate surface area is 88.0 Å². The third-order valence-corrected chi connectivity index (χ3v) is 2.40. The lowest BCUT2D eigenvalue weighted by molar-refractivity contribution is -0.192. The van der Waals surface area contributed by atoms with E-state index in [0.29, 0.717) is 12.0 Å². The zero-order valence-corrected chi connectivity index (χ0v) is 8.46. The van der Waals surface area contributed by atoms with E-state index in [9.17, 15) is 9.90 Å². The van der Waals surface area contributed by atoms with Crippen LogP contribution >= 0.6 is 0 Å². The first-order chi connectivity index (χ1) is 7.18. The third-order valence-electron chi connectivity index (χ3n) is 2.40. The van der Waals surface area contributed by atoms with Gasteiger partial charge in [0.25, 0.3) is 5.91 Å². The van der Waals surface area contributed by atoms with E-state index in [2.05, 4.69) is 0 Å². The minimum atomic E-state index is -0.868. The van der Waals surface area contributed by atoms with Gasteiger partial charge in [-0.1, -0.05) is 18.2 Å². The number of nitrogens with zero attached hydrogens (tertiary/aromatic N) is 1. The van der Waals surface area contributed by atoms with E-state index in [1.165, 1.54) is 5.06 Å². The third kappa shape index (κ3) is 2.00. The molecule has 0 bridgehead atoms. The van der Waals surface area contributed by atoms with Gasteiger partial charge in [0.15, 0.2) is 6.29 Å². The predicted molar refractivity (Wildman–Crippen MR) is 53.8 cm³/mol. The molecule has 1 aromatic carbocycles. The molecule has 0 aliphatic carbocycles. The summed E-state index contributed by atoms with van der Waals surface area (Å²) in [5.41, 5.74) is 0.568. The molecule has 0 aromatic heterocycles. The average Bonchev–Trinajstić information content (AvgIpc) is 2.58. The van der Waals surface area contributed by atoms with Crippen LogP contribution < -0.4 is 0 Å². The fourth-order valence-electron chi connectivity index (χ4n) is 1.62. The Morgan fingerprint density at radius 2 is 2.13 bits per heavy atom. The molecule has 4 nitrogen and oxygen atoms in total. The Morgan fingerprint density at radius 1 is 1.47 bits per heavy atom. The van der Waals surface area contributed by atoms with Crippen molar-refractivity contribution in [2.24, 2.45) is 0 Å². The van der Waals surface area contributed by atoms with Gasteiger partial charge < -0.3 is 5.11 Å². The number of hydrogen-bond donors (Lipinski definition) is 1. The Bertz CT molecular complexity index is 352. The maximum absolute atomic E-state index is 11.9. The Morgan fingerprint density at radius 3 is 2.67 bits per heavy atom. The van der Waals surface area contributed by atoms with Crippen LogP contribution in [0.2, 0.25) is 0 Å². The van der Waals surface area contributed by atoms with Crippen LogP contribution in [0.5, 0.6) is 0 Å². The summed E-state index contributed by atoms with van der Waals surface area (Å²) in [6, 6.07) is 8.80. The van der Waals surface area contributed by atoms with Crippen molar-refractivity contribution in [3.05, 3.63) is 35.9 Å². The van der Waals surface area contributed by atoms with E-state index >= 15 is 0 Å². The fourth-order valence-corrected chi connectivity index (χ4v) is 1.62. The van der Waals surface area contributed by atoms with Gasteiger partial charge in [0.2, 0.25) is 0 Å². The second kappa shape index (κ2) is 4.00. The van der Waals surface area contributed by atoms with Crippen molar-refractivity contribution in [1.82, 2.24) is 5.06 Å². The molecule has 1 aliphatic rings. The topological polar surface area (TPSA) is 49.8 Å². The molecule has 1 aliphatic heterocycles. The summed E-state index contributed by atoms with van der Waals surface area (Å²) in [5, 5.41) is 10.5. The van der Waals surface area contributed by atoms with Gasteiger partial charge in [0, 0.05) is 12.0 Å². The number of carbonyl (C=O) groups is 1. The molecule has 2 rings (SSSR count). The van der Waals surface area contributed by atoms with E-state index in [-0.39, 0.29) is 11.9 Å². The largest absolute Gasteiger partial charge is 0.366 e. The molecule has 1 unspecified atom stereocenters. The van der Waals surface area contributed by atoms with E-state index in [0.717, 1.165) is 0 Å². The zero-order valence-electron chi connectivity index (χ0n) is 8.46. The lowest BCUT2D eigenvalue weighted by atomic mass is 10.2. The van der Waals surface area contributed by atoms with Crippen molar-refractivity contribution in [2.45, 2.75) is 25.7 Å². The van der Waals surface area contributed by atoms with Crippen LogP contribution in [0.25, 0.3) is 0 Å². The van der Waals surface area contributed by atoms with Crippen LogP contribution in [0.1, 0.15) is 23.7 Å². The highest BCUT2D eigenvalue weighted by atomic mass is 16.8. The molecule has 4 heteroatoms. The number of aliphatic hydroxyl groups is 1. The van der Waals surface area contributed by atoms with Crippen molar-refractivity contribution >= 4 is 5.91 Å². The average molecular weight is 207 g/mol.